The molecule has 1 fully saturated rings. The van der Waals surface area contributed by atoms with Gasteiger partial charge >= 0.3 is 0 Å². The highest BCUT2D eigenvalue weighted by atomic mass is 32.1. The highest BCUT2D eigenvalue weighted by Gasteiger charge is 2.27. The summed E-state index contributed by atoms with van der Waals surface area (Å²) in [4.78, 5) is 29.5. The molecule has 1 aliphatic rings. The molecule has 150 valence electrons. The van der Waals surface area contributed by atoms with Crippen molar-refractivity contribution in [3.05, 3.63) is 60.1 Å². The minimum Gasteiger partial charge on any atom is -0.354 e. The third-order valence-electron chi connectivity index (χ3n) is 5.35. The van der Waals surface area contributed by atoms with Crippen molar-refractivity contribution in [2.45, 2.75) is 19.4 Å². The number of hydrogen-bond donors (Lipinski definition) is 1. The zero-order valence-corrected chi connectivity index (χ0v) is 17.4. The van der Waals surface area contributed by atoms with Crippen molar-refractivity contribution in [1.82, 2.24) is 20.3 Å². The van der Waals surface area contributed by atoms with E-state index < -0.39 is 0 Å². The number of benzene rings is 1. The standard InChI is InChI=1S/C23H21N5OS/c1-15-13-19(29)25-11-12-28(15)22-20-17(16-7-3-2-4-8-16)14-30-23(20)27-21(26-22)18-9-5-6-10-24-18/h2-10,14-15H,11-13H2,1H3,(H,25,29)/t15-/m0/s1. The van der Waals surface area contributed by atoms with Crippen LogP contribution in [0, 0.1) is 0 Å². The molecule has 0 unspecified atom stereocenters. The van der Waals surface area contributed by atoms with Crippen LogP contribution in [0.25, 0.3) is 32.9 Å². The predicted octanol–water partition coefficient (Wildman–Crippen LogP) is 4.14. The first kappa shape index (κ1) is 18.7. The maximum atomic E-state index is 12.1. The highest BCUT2D eigenvalue weighted by molar-refractivity contribution is 7.17. The lowest BCUT2D eigenvalue weighted by molar-refractivity contribution is -0.120. The molecule has 0 bridgehead atoms. The molecular weight excluding hydrogens is 394 g/mol. The van der Waals surface area contributed by atoms with Crippen LogP contribution in [0.1, 0.15) is 13.3 Å². The number of amides is 1. The number of nitrogens with one attached hydrogen (secondary N) is 1. The molecule has 1 amide bonds. The van der Waals surface area contributed by atoms with E-state index in [0.29, 0.717) is 25.3 Å². The van der Waals surface area contributed by atoms with Crippen molar-refractivity contribution in [3.63, 3.8) is 0 Å². The summed E-state index contributed by atoms with van der Waals surface area (Å²) < 4.78 is 0. The smallest absolute Gasteiger partial charge is 0.222 e. The van der Waals surface area contributed by atoms with Crippen molar-refractivity contribution in [3.8, 4) is 22.6 Å². The van der Waals surface area contributed by atoms with E-state index in [4.69, 9.17) is 9.97 Å². The first-order valence-corrected chi connectivity index (χ1v) is 10.9. The second-order valence-corrected chi connectivity index (χ2v) is 8.24. The Labute approximate surface area is 178 Å². The number of carbonyl (C=O) groups excluding carboxylic acids is 1. The average Bonchev–Trinajstić information content (AvgIpc) is 3.13. The molecule has 5 rings (SSSR count). The molecule has 4 aromatic rings. The van der Waals surface area contributed by atoms with Gasteiger partial charge in [-0.3, -0.25) is 9.78 Å². The third-order valence-corrected chi connectivity index (χ3v) is 6.23. The quantitative estimate of drug-likeness (QED) is 0.545. The molecule has 1 saturated heterocycles. The number of thiophene rings is 1. The molecule has 4 heterocycles. The lowest BCUT2D eigenvalue weighted by Crippen LogP contribution is -2.35. The monoisotopic (exact) mass is 415 g/mol. The Balaban J connectivity index is 1.74. The Morgan fingerprint density at radius 1 is 1.10 bits per heavy atom. The van der Waals surface area contributed by atoms with Crippen LogP contribution in [0.5, 0.6) is 0 Å². The second-order valence-electron chi connectivity index (χ2n) is 7.38. The fourth-order valence-corrected chi connectivity index (χ4v) is 4.81. The fourth-order valence-electron chi connectivity index (χ4n) is 3.87. The Hall–Kier alpha value is -3.32. The summed E-state index contributed by atoms with van der Waals surface area (Å²) >= 11 is 1.61. The van der Waals surface area contributed by atoms with Gasteiger partial charge in [-0.1, -0.05) is 36.4 Å². The molecule has 7 heteroatoms. The molecular formula is C23H21N5OS. The van der Waals surface area contributed by atoms with Crippen LogP contribution in [0.3, 0.4) is 0 Å². The summed E-state index contributed by atoms with van der Waals surface area (Å²) in [5.41, 5.74) is 3.00. The van der Waals surface area contributed by atoms with Gasteiger partial charge in [0.1, 0.15) is 16.3 Å². The van der Waals surface area contributed by atoms with Crippen LogP contribution in [0.4, 0.5) is 5.82 Å². The van der Waals surface area contributed by atoms with Gasteiger partial charge in [-0.15, -0.1) is 11.3 Å². The van der Waals surface area contributed by atoms with Crippen molar-refractivity contribution in [1.29, 1.82) is 0 Å². The highest BCUT2D eigenvalue weighted by Crippen LogP contribution is 2.40. The first-order valence-electron chi connectivity index (χ1n) is 10.00. The van der Waals surface area contributed by atoms with Gasteiger partial charge < -0.3 is 10.2 Å². The van der Waals surface area contributed by atoms with Gasteiger partial charge in [-0.2, -0.15) is 0 Å². The molecule has 1 aliphatic heterocycles. The number of hydrogen-bond acceptors (Lipinski definition) is 6. The van der Waals surface area contributed by atoms with Crippen molar-refractivity contribution in [2.75, 3.05) is 18.0 Å². The molecule has 0 radical (unpaired) electrons. The van der Waals surface area contributed by atoms with Crippen LogP contribution in [0.15, 0.2) is 60.1 Å². The van der Waals surface area contributed by atoms with Crippen LogP contribution >= 0.6 is 11.3 Å². The molecule has 6 nitrogen and oxygen atoms in total. The van der Waals surface area contributed by atoms with Gasteiger partial charge in [0, 0.05) is 42.7 Å². The van der Waals surface area contributed by atoms with Crippen LogP contribution in [-0.4, -0.2) is 40.0 Å². The molecule has 30 heavy (non-hydrogen) atoms. The Bertz CT molecular complexity index is 1190. The van der Waals surface area contributed by atoms with Gasteiger partial charge in [-0.05, 0) is 24.6 Å². The van der Waals surface area contributed by atoms with Gasteiger partial charge in [0.2, 0.25) is 5.91 Å². The maximum Gasteiger partial charge on any atom is 0.222 e. The Morgan fingerprint density at radius 3 is 2.73 bits per heavy atom. The van der Waals surface area contributed by atoms with E-state index in [1.54, 1.807) is 17.5 Å². The molecule has 0 saturated carbocycles. The lowest BCUT2D eigenvalue weighted by atomic mass is 10.1. The number of aromatic nitrogens is 3. The van der Waals surface area contributed by atoms with Gasteiger partial charge in [0.15, 0.2) is 5.82 Å². The van der Waals surface area contributed by atoms with Gasteiger partial charge in [-0.25, -0.2) is 9.97 Å². The van der Waals surface area contributed by atoms with Gasteiger partial charge in [0.25, 0.3) is 0 Å². The number of fused-ring (bicyclic) bond motifs is 1. The normalized spacial score (nSPS) is 17.0. The summed E-state index contributed by atoms with van der Waals surface area (Å²) in [5.74, 6) is 1.55. The summed E-state index contributed by atoms with van der Waals surface area (Å²) in [7, 11) is 0. The molecule has 0 aliphatic carbocycles. The van der Waals surface area contributed by atoms with Gasteiger partial charge in [0.05, 0.1) is 5.39 Å². The number of anilines is 1. The SMILES string of the molecule is C[C@H]1CC(=O)NCCN1c1nc(-c2ccccn2)nc2scc(-c3ccccc3)c12. The molecule has 0 spiro atoms. The average molecular weight is 416 g/mol. The van der Waals surface area contributed by atoms with E-state index in [-0.39, 0.29) is 11.9 Å². The zero-order valence-electron chi connectivity index (χ0n) is 16.6. The van der Waals surface area contributed by atoms with E-state index in [9.17, 15) is 4.79 Å². The molecule has 1 aromatic carbocycles. The number of pyridine rings is 1. The van der Waals surface area contributed by atoms with Crippen molar-refractivity contribution in [2.24, 2.45) is 0 Å². The van der Waals surface area contributed by atoms with E-state index in [2.05, 4.69) is 39.6 Å². The zero-order chi connectivity index (χ0) is 20.5. The topological polar surface area (TPSA) is 71.0 Å². The number of carbonyl (C=O) groups is 1. The second kappa shape index (κ2) is 7.84. The van der Waals surface area contributed by atoms with Crippen molar-refractivity contribution >= 4 is 33.3 Å². The summed E-state index contributed by atoms with van der Waals surface area (Å²) in [5, 5.41) is 6.15. The summed E-state index contributed by atoms with van der Waals surface area (Å²) in [6, 6.07) is 16.1. The van der Waals surface area contributed by atoms with E-state index >= 15 is 0 Å². The first-order chi connectivity index (χ1) is 14.7. The van der Waals surface area contributed by atoms with Crippen LogP contribution in [-0.2, 0) is 4.79 Å². The minimum atomic E-state index is 0.0331. The Morgan fingerprint density at radius 2 is 1.93 bits per heavy atom. The third kappa shape index (κ3) is 3.41. The molecule has 3 aromatic heterocycles. The van der Waals surface area contributed by atoms with Crippen molar-refractivity contribution < 1.29 is 4.79 Å². The Kier molecular flexibility index (Phi) is 4.88. The van der Waals surface area contributed by atoms with Crippen LogP contribution in [0.2, 0.25) is 0 Å². The molecule has 1 N–H and O–H groups in total. The maximum absolute atomic E-state index is 12.1. The lowest BCUT2D eigenvalue weighted by Gasteiger charge is -2.28. The number of nitrogens with zero attached hydrogens (tertiary/aromatic N) is 4. The number of rotatable bonds is 3. The van der Waals surface area contributed by atoms with E-state index in [1.807, 2.05) is 36.4 Å². The largest absolute Gasteiger partial charge is 0.354 e. The summed E-state index contributed by atoms with van der Waals surface area (Å²) in [6.45, 7) is 3.37. The van der Waals surface area contributed by atoms with E-state index in [1.165, 1.54) is 0 Å². The predicted molar refractivity (Wildman–Crippen MR) is 121 cm³/mol. The fraction of sp³-hybridized carbons (Fsp3) is 0.217. The molecule has 1 atom stereocenters. The minimum absolute atomic E-state index is 0.0331. The van der Waals surface area contributed by atoms with Crippen LogP contribution < -0.4 is 10.2 Å². The van der Waals surface area contributed by atoms with E-state index in [0.717, 1.165) is 32.9 Å². The summed E-state index contributed by atoms with van der Waals surface area (Å²) in [6.07, 6.45) is 2.19.